The van der Waals surface area contributed by atoms with Gasteiger partial charge in [0.2, 0.25) is 0 Å². The van der Waals surface area contributed by atoms with Crippen molar-refractivity contribution < 1.29 is 34.2 Å². The number of hydrogen-bond donors (Lipinski definition) is 2. The first-order valence-electron chi connectivity index (χ1n) is 5.65. The molecule has 1 aliphatic carbocycles. The predicted molar refractivity (Wildman–Crippen MR) is 67.4 cm³/mol. The molecule has 0 saturated heterocycles. The van der Waals surface area contributed by atoms with Crippen LogP contribution in [0.15, 0.2) is 35.6 Å². The van der Waals surface area contributed by atoms with Gasteiger partial charge in [-0.3, -0.25) is 14.9 Å². The van der Waals surface area contributed by atoms with Crippen molar-refractivity contribution in [2.24, 2.45) is 0 Å². The second-order valence-corrected chi connectivity index (χ2v) is 4.07. The Labute approximate surface area is 118 Å². The Hall–Kier alpha value is -2.52. The van der Waals surface area contributed by atoms with Gasteiger partial charge in [-0.15, -0.1) is 0 Å². The molecule has 1 aliphatic rings. The molecule has 0 fully saturated rings. The highest BCUT2D eigenvalue weighted by Gasteiger charge is 2.53. The number of carbonyl (C=O) groups excluding carboxylic acids is 1. The third kappa shape index (κ3) is 3.74. The van der Waals surface area contributed by atoms with E-state index in [1.807, 2.05) is 0 Å². The Kier molecular flexibility index (Phi) is 4.95. The van der Waals surface area contributed by atoms with Crippen LogP contribution in [0.1, 0.15) is 6.92 Å². The summed E-state index contributed by atoms with van der Waals surface area (Å²) in [4.78, 5) is 31.6. The van der Waals surface area contributed by atoms with Crippen molar-refractivity contribution in [3.8, 4) is 0 Å². The summed E-state index contributed by atoms with van der Waals surface area (Å²) < 4.78 is 9.52. The van der Waals surface area contributed by atoms with Gasteiger partial charge in [0.1, 0.15) is 0 Å². The highest BCUT2D eigenvalue weighted by molar-refractivity contribution is 5.80. The minimum atomic E-state index is -2.59. The van der Waals surface area contributed by atoms with Crippen LogP contribution in [0.25, 0.3) is 0 Å². The van der Waals surface area contributed by atoms with E-state index in [1.165, 1.54) is 6.08 Å². The largest absolute Gasteiger partial charge is 0.478 e. The summed E-state index contributed by atoms with van der Waals surface area (Å²) in [6, 6.07) is 0. The van der Waals surface area contributed by atoms with Gasteiger partial charge in [-0.25, -0.2) is 4.79 Å². The Bertz CT molecular complexity index is 562. The van der Waals surface area contributed by atoms with Gasteiger partial charge in [-0.05, 0) is 17.7 Å². The maximum absolute atomic E-state index is 11.1. The van der Waals surface area contributed by atoms with E-state index in [0.717, 1.165) is 32.3 Å². The third-order valence-electron chi connectivity index (χ3n) is 2.57. The van der Waals surface area contributed by atoms with Crippen LogP contribution >= 0.6 is 0 Å². The lowest BCUT2D eigenvalue weighted by molar-refractivity contribution is -0.465. The van der Waals surface area contributed by atoms with Crippen LogP contribution in [-0.4, -0.2) is 46.1 Å². The van der Waals surface area contributed by atoms with Crippen LogP contribution in [0.5, 0.6) is 0 Å². The van der Waals surface area contributed by atoms with Crippen LogP contribution in [0, 0.1) is 10.1 Å². The molecule has 0 radical (unpaired) electrons. The number of methoxy groups -OCH3 is 1. The fourth-order valence-corrected chi connectivity index (χ4v) is 1.75. The summed E-state index contributed by atoms with van der Waals surface area (Å²) in [5.41, 5.74) is -0.718. The lowest BCUT2D eigenvalue weighted by Gasteiger charge is -2.32. The number of carboxylic acid groups (broad SMARTS) is 1. The normalized spacial score (nSPS) is 25.2. The first-order valence-corrected chi connectivity index (χ1v) is 5.65. The average molecular weight is 299 g/mol. The van der Waals surface area contributed by atoms with E-state index < -0.39 is 34.5 Å². The summed E-state index contributed by atoms with van der Waals surface area (Å²) in [7, 11) is 1.15. The van der Waals surface area contributed by atoms with Gasteiger partial charge < -0.3 is 19.7 Å². The van der Waals surface area contributed by atoms with Crippen molar-refractivity contribution in [2.75, 3.05) is 7.11 Å². The minimum Gasteiger partial charge on any atom is -0.478 e. The Morgan fingerprint density at radius 2 is 2.14 bits per heavy atom. The molecule has 114 valence electrons. The maximum atomic E-state index is 11.1. The summed E-state index contributed by atoms with van der Waals surface area (Å²) >= 11 is 0. The SMILES string of the molecule is COC1C=C(/C=C/C(=O)O)C=C([N+](=O)[O-])C1(O)OC(C)=O. The summed E-state index contributed by atoms with van der Waals surface area (Å²) in [5.74, 6) is -4.78. The Balaban J connectivity index is 3.31. The Morgan fingerprint density at radius 3 is 2.57 bits per heavy atom. The number of hydrogen-bond acceptors (Lipinski definition) is 7. The quantitative estimate of drug-likeness (QED) is 0.238. The van der Waals surface area contributed by atoms with Crippen LogP contribution in [0.3, 0.4) is 0 Å². The average Bonchev–Trinajstić information content (AvgIpc) is 2.35. The first kappa shape index (κ1) is 16.5. The van der Waals surface area contributed by atoms with E-state index in [-0.39, 0.29) is 5.57 Å². The molecule has 9 nitrogen and oxygen atoms in total. The van der Waals surface area contributed by atoms with E-state index in [4.69, 9.17) is 9.84 Å². The lowest BCUT2D eigenvalue weighted by atomic mass is 9.95. The minimum absolute atomic E-state index is 0.118. The molecule has 0 amide bonds. The summed E-state index contributed by atoms with van der Waals surface area (Å²) in [6.45, 7) is 0.978. The molecule has 0 aromatic carbocycles. The zero-order valence-electron chi connectivity index (χ0n) is 11.2. The van der Waals surface area contributed by atoms with Gasteiger partial charge in [0, 0.05) is 26.2 Å². The lowest BCUT2D eigenvalue weighted by Crippen LogP contribution is -2.51. The monoisotopic (exact) mass is 299 g/mol. The van der Waals surface area contributed by atoms with Crippen molar-refractivity contribution >= 4 is 11.9 Å². The van der Waals surface area contributed by atoms with E-state index in [2.05, 4.69) is 4.74 Å². The van der Waals surface area contributed by atoms with Gasteiger partial charge in [0.15, 0.2) is 6.10 Å². The van der Waals surface area contributed by atoms with Crippen molar-refractivity contribution in [1.29, 1.82) is 0 Å². The second-order valence-electron chi connectivity index (χ2n) is 4.07. The molecule has 0 bridgehead atoms. The number of carboxylic acids is 1. The van der Waals surface area contributed by atoms with Gasteiger partial charge in [0.25, 0.3) is 0 Å². The van der Waals surface area contributed by atoms with Crippen molar-refractivity contribution in [1.82, 2.24) is 0 Å². The number of rotatable bonds is 5. The van der Waals surface area contributed by atoms with Gasteiger partial charge in [0.05, 0.1) is 4.92 Å². The molecule has 0 saturated carbocycles. The highest BCUT2D eigenvalue weighted by Crippen LogP contribution is 2.32. The zero-order valence-corrected chi connectivity index (χ0v) is 11.2. The molecule has 0 aromatic heterocycles. The van der Waals surface area contributed by atoms with Crippen LogP contribution in [0.4, 0.5) is 0 Å². The predicted octanol–water partition coefficient (Wildman–Crippen LogP) is -0.00550. The maximum Gasteiger partial charge on any atom is 0.333 e. The van der Waals surface area contributed by atoms with Crippen LogP contribution in [-0.2, 0) is 19.1 Å². The number of nitrogens with zero attached hydrogens (tertiary/aromatic N) is 1. The molecule has 21 heavy (non-hydrogen) atoms. The number of allylic oxidation sites excluding steroid dienone is 3. The number of esters is 1. The first-order chi connectivity index (χ1) is 9.70. The number of carbonyl (C=O) groups is 2. The number of ether oxygens (including phenoxy) is 2. The molecule has 0 heterocycles. The molecule has 2 unspecified atom stereocenters. The van der Waals surface area contributed by atoms with Crippen molar-refractivity contribution in [3.05, 3.63) is 45.7 Å². The standard InChI is InChI=1S/C12H13NO8/c1-7(14)21-12(17)9(13(18)19)5-8(3-4-11(15)16)6-10(12)20-2/h3-6,10,17H,1-2H3,(H,15,16)/b4-3+. The van der Waals surface area contributed by atoms with E-state index in [0.29, 0.717) is 0 Å². The van der Waals surface area contributed by atoms with Crippen molar-refractivity contribution in [2.45, 2.75) is 18.8 Å². The number of nitro groups is 1. The molecule has 2 N–H and O–H groups in total. The summed E-state index contributed by atoms with van der Waals surface area (Å²) in [6.07, 6.45) is 2.60. The molecular weight excluding hydrogens is 286 g/mol. The topological polar surface area (TPSA) is 136 Å². The number of aliphatic carboxylic acids is 1. The van der Waals surface area contributed by atoms with E-state index in [9.17, 15) is 24.8 Å². The van der Waals surface area contributed by atoms with Gasteiger partial charge >= 0.3 is 23.4 Å². The Morgan fingerprint density at radius 1 is 1.52 bits per heavy atom. The molecule has 0 aromatic rings. The zero-order chi connectivity index (χ0) is 16.2. The van der Waals surface area contributed by atoms with Crippen LogP contribution in [0.2, 0.25) is 0 Å². The molecule has 2 atom stereocenters. The molecule has 1 rings (SSSR count). The third-order valence-corrected chi connectivity index (χ3v) is 2.57. The van der Waals surface area contributed by atoms with Crippen molar-refractivity contribution in [3.63, 3.8) is 0 Å². The van der Waals surface area contributed by atoms with E-state index in [1.54, 1.807) is 0 Å². The fourth-order valence-electron chi connectivity index (χ4n) is 1.75. The number of aliphatic hydroxyl groups is 1. The molecule has 0 aliphatic heterocycles. The van der Waals surface area contributed by atoms with Crippen LogP contribution < -0.4 is 0 Å². The van der Waals surface area contributed by atoms with E-state index >= 15 is 0 Å². The molecule has 0 spiro atoms. The molecule has 9 heteroatoms. The van der Waals surface area contributed by atoms with Gasteiger partial charge in [-0.1, -0.05) is 0 Å². The highest BCUT2D eigenvalue weighted by atomic mass is 16.7. The summed E-state index contributed by atoms with van der Waals surface area (Å²) in [5, 5.41) is 29.9. The fraction of sp³-hybridized carbons (Fsp3) is 0.333. The smallest absolute Gasteiger partial charge is 0.333 e. The molecular formula is C12H13NO8. The van der Waals surface area contributed by atoms with Gasteiger partial charge in [-0.2, -0.15) is 0 Å². The second kappa shape index (κ2) is 6.29.